The normalized spacial score (nSPS) is 17.0. The van der Waals surface area contributed by atoms with Crippen molar-refractivity contribution in [3.05, 3.63) is 86.2 Å². The van der Waals surface area contributed by atoms with Crippen molar-refractivity contribution >= 4 is 21.4 Å². The van der Waals surface area contributed by atoms with E-state index in [1.165, 1.54) is 18.3 Å². The Morgan fingerprint density at radius 1 is 1.13 bits per heavy atom. The number of nitrogens with zero attached hydrogens (tertiary/aromatic N) is 5. The number of hydrogen-bond donors (Lipinski definition) is 0. The van der Waals surface area contributed by atoms with Crippen LogP contribution in [0.25, 0.3) is 16.9 Å². The van der Waals surface area contributed by atoms with Gasteiger partial charge in [-0.25, -0.2) is 17.2 Å². The van der Waals surface area contributed by atoms with E-state index in [1.807, 2.05) is 6.92 Å². The van der Waals surface area contributed by atoms with E-state index in [-0.39, 0.29) is 28.1 Å². The van der Waals surface area contributed by atoms with Crippen LogP contribution < -0.4 is 5.56 Å². The minimum absolute atomic E-state index is 0.0166. The fraction of sp³-hybridized carbons (Fsp3) is 0.333. The molecule has 5 rings (SSSR count). The molecule has 3 aromatic heterocycles. The smallest absolute Gasteiger partial charge is 0.274 e. The van der Waals surface area contributed by atoms with Crippen molar-refractivity contribution in [2.24, 2.45) is 0 Å². The number of halogens is 3. The molecule has 1 saturated carbocycles. The van der Waals surface area contributed by atoms with Crippen LogP contribution >= 0.6 is 11.6 Å². The molecule has 0 N–H and O–H groups in total. The average Bonchev–Trinajstić information content (AvgIpc) is 3.53. The predicted octanol–water partition coefficient (Wildman–Crippen LogP) is 5.12. The number of rotatable bonds is 7. The molecule has 0 bridgehead atoms. The van der Waals surface area contributed by atoms with Gasteiger partial charge in [-0.3, -0.25) is 14.3 Å². The standard InChI is InChI=1S/C27H26ClF2N5O3S/c1-5-9-34-32-13-20(33-34)18-11-17(18)19-10-15(3)35(27(36)22(19)28)26-14(2)12-31-25(24(26)30)16-7-6-8-21(23(16)29)39(4,37)38/h6-8,10,12-13,17-18H,5,9,11H2,1-4H3/t17-,18-/m0/s1. The molecule has 0 aliphatic heterocycles. The van der Waals surface area contributed by atoms with Crippen LogP contribution in [0.5, 0.6) is 0 Å². The zero-order valence-electron chi connectivity index (χ0n) is 21.7. The molecule has 2 atom stereocenters. The number of aromatic nitrogens is 5. The van der Waals surface area contributed by atoms with E-state index in [0.29, 0.717) is 23.4 Å². The summed E-state index contributed by atoms with van der Waals surface area (Å²) in [6, 6.07) is 5.41. The van der Waals surface area contributed by atoms with E-state index in [0.717, 1.165) is 35.4 Å². The maximum Gasteiger partial charge on any atom is 0.274 e. The van der Waals surface area contributed by atoms with Crippen LogP contribution in [-0.4, -0.2) is 39.2 Å². The van der Waals surface area contributed by atoms with Crippen LogP contribution in [0.4, 0.5) is 8.78 Å². The molecular weight excluding hydrogens is 548 g/mol. The zero-order valence-corrected chi connectivity index (χ0v) is 23.3. The van der Waals surface area contributed by atoms with Gasteiger partial charge in [0.1, 0.15) is 15.6 Å². The second-order valence-corrected chi connectivity index (χ2v) is 12.2. The van der Waals surface area contributed by atoms with Crippen LogP contribution in [0.15, 0.2) is 46.3 Å². The van der Waals surface area contributed by atoms with Crippen molar-refractivity contribution in [1.29, 1.82) is 0 Å². The summed E-state index contributed by atoms with van der Waals surface area (Å²) in [4.78, 5) is 18.7. The quantitative estimate of drug-likeness (QED) is 0.304. The molecule has 1 aromatic carbocycles. The van der Waals surface area contributed by atoms with Crippen molar-refractivity contribution in [2.45, 2.75) is 56.9 Å². The van der Waals surface area contributed by atoms with Gasteiger partial charge < -0.3 is 0 Å². The topological polar surface area (TPSA) is 99.7 Å². The van der Waals surface area contributed by atoms with E-state index in [4.69, 9.17) is 11.6 Å². The van der Waals surface area contributed by atoms with E-state index < -0.39 is 37.6 Å². The van der Waals surface area contributed by atoms with Crippen molar-refractivity contribution in [3.8, 4) is 16.9 Å². The Bertz CT molecular complexity index is 1780. The van der Waals surface area contributed by atoms with E-state index in [9.17, 15) is 13.2 Å². The fourth-order valence-electron chi connectivity index (χ4n) is 4.94. The third-order valence-electron chi connectivity index (χ3n) is 6.93. The number of hydrogen-bond acceptors (Lipinski definition) is 6. The van der Waals surface area contributed by atoms with Crippen LogP contribution in [0.1, 0.15) is 54.1 Å². The first-order chi connectivity index (χ1) is 18.4. The van der Waals surface area contributed by atoms with Gasteiger partial charge in [0.2, 0.25) is 0 Å². The first-order valence-corrected chi connectivity index (χ1v) is 14.7. The first-order valence-electron chi connectivity index (χ1n) is 12.4. The number of pyridine rings is 2. The van der Waals surface area contributed by atoms with Crippen molar-refractivity contribution in [1.82, 2.24) is 24.5 Å². The lowest BCUT2D eigenvalue weighted by atomic mass is 10.1. The van der Waals surface area contributed by atoms with Crippen LogP contribution in [0.3, 0.4) is 0 Å². The second-order valence-electron chi connectivity index (χ2n) is 9.85. The molecule has 0 spiro atoms. The van der Waals surface area contributed by atoms with Crippen molar-refractivity contribution in [2.75, 3.05) is 6.26 Å². The zero-order chi connectivity index (χ0) is 28.2. The highest BCUT2D eigenvalue weighted by atomic mass is 35.5. The number of sulfone groups is 1. The molecule has 0 amide bonds. The van der Waals surface area contributed by atoms with Gasteiger partial charge in [0.05, 0.1) is 24.1 Å². The molecule has 4 aromatic rings. The van der Waals surface area contributed by atoms with Gasteiger partial charge in [0, 0.05) is 29.6 Å². The van der Waals surface area contributed by atoms with Crippen LogP contribution in [0.2, 0.25) is 5.02 Å². The summed E-state index contributed by atoms with van der Waals surface area (Å²) in [5, 5.41) is 8.77. The Hall–Kier alpha value is -3.44. The highest BCUT2D eigenvalue weighted by Gasteiger charge is 2.43. The number of benzene rings is 1. The molecular formula is C27H26ClF2N5O3S. The van der Waals surface area contributed by atoms with Gasteiger partial charge in [-0.1, -0.05) is 24.6 Å². The van der Waals surface area contributed by atoms with E-state index >= 15 is 8.78 Å². The summed E-state index contributed by atoms with van der Waals surface area (Å²) in [5.74, 6) is -2.02. The van der Waals surface area contributed by atoms with Gasteiger partial charge in [-0.15, -0.1) is 0 Å². The fourth-order valence-corrected chi connectivity index (χ4v) is 5.98. The lowest BCUT2D eigenvalue weighted by molar-refractivity contribution is 0.524. The maximum atomic E-state index is 16.0. The molecule has 1 aliphatic carbocycles. The summed E-state index contributed by atoms with van der Waals surface area (Å²) >= 11 is 6.58. The molecule has 1 aliphatic rings. The molecule has 12 heteroatoms. The monoisotopic (exact) mass is 573 g/mol. The van der Waals surface area contributed by atoms with Crippen LogP contribution in [0, 0.1) is 25.5 Å². The Morgan fingerprint density at radius 3 is 2.56 bits per heavy atom. The third kappa shape index (κ3) is 4.78. The summed E-state index contributed by atoms with van der Waals surface area (Å²) in [6.45, 7) is 6.00. The third-order valence-corrected chi connectivity index (χ3v) is 8.42. The lowest BCUT2D eigenvalue weighted by Crippen LogP contribution is -2.24. The summed E-state index contributed by atoms with van der Waals surface area (Å²) < 4.78 is 56.4. The molecule has 8 nitrogen and oxygen atoms in total. The first kappa shape index (κ1) is 27.1. The van der Waals surface area contributed by atoms with Gasteiger partial charge in [0.15, 0.2) is 21.5 Å². The Balaban J connectivity index is 1.58. The Labute approximate surface area is 229 Å². The van der Waals surface area contributed by atoms with E-state index in [2.05, 4.69) is 15.2 Å². The molecule has 0 radical (unpaired) electrons. The van der Waals surface area contributed by atoms with Gasteiger partial charge in [-0.2, -0.15) is 15.0 Å². The molecule has 39 heavy (non-hydrogen) atoms. The SMILES string of the molecule is CCCn1ncc([C@H]2C[C@@H]2c2cc(C)n(-c3c(C)cnc(-c4cccc(S(C)(=O)=O)c4F)c3F)c(=O)c2Cl)n1. The Morgan fingerprint density at radius 2 is 1.87 bits per heavy atom. The minimum atomic E-state index is -3.91. The summed E-state index contributed by atoms with van der Waals surface area (Å²) in [5.41, 5.74) is 0.761. The summed E-state index contributed by atoms with van der Waals surface area (Å²) in [7, 11) is -3.91. The molecule has 3 heterocycles. The molecule has 204 valence electrons. The Kier molecular flexibility index (Phi) is 6.92. The highest BCUT2D eigenvalue weighted by Crippen LogP contribution is 2.55. The molecule has 0 saturated heterocycles. The van der Waals surface area contributed by atoms with Crippen molar-refractivity contribution in [3.63, 3.8) is 0 Å². The van der Waals surface area contributed by atoms with Crippen molar-refractivity contribution < 1.29 is 17.2 Å². The predicted molar refractivity (Wildman–Crippen MR) is 143 cm³/mol. The number of aryl methyl sites for hydroxylation is 3. The minimum Gasteiger partial charge on any atom is -0.277 e. The largest absolute Gasteiger partial charge is 0.277 e. The molecule has 0 unspecified atom stereocenters. The van der Waals surface area contributed by atoms with Gasteiger partial charge in [-0.05, 0) is 61.9 Å². The molecule has 1 fully saturated rings. The summed E-state index contributed by atoms with van der Waals surface area (Å²) in [6.07, 6.45) is 5.58. The van der Waals surface area contributed by atoms with Gasteiger partial charge >= 0.3 is 0 Å². The highest BCUT2D eigenvalue weighted by molar-refractivity contribution is 7.90. The maximum absolute atomic E-state index is 16.0. The second kappa shape index (κ2) is 9.95. The lowest BCUT2D eigenvalue weighted by Gasteiger charge is -2.18. The van der Waals surface area contributed by atoms with Crippen LogP contribution in [-0.2, 0) is 16.4 Å². The van der Waals surface area contributed by atoms with Gasteiger partial charge in [0.25, 0.3) is 5.56 Å². The van der Waals surface area contributed by atoms with E-state index in [1.54, 1.807) is 30.9 Å². The average molecular weight is 574 g/mol.